The average Bonchev–Trinajstić information content (AvgIpc) is 2.81. The van der Waals surface area contributed by atoms with Crippen molar-refractivity contribution in [2.75, 3.05) is 30.3 Å². The lowest BCUT2D eigenvalue weighted by atomic mass is 9.97. The standard InChI is InChI=1S/C24H29N3O6S/c1-4-32-20-8-6-5-7-18(20)25-24(29)17-9-11-27(12-10-17)34(30,31)22-14-21-19(13-15(22)2)26-23(28)16(3)33-21/h5-8,13-14,16-17H,4,9-12H2,1-3H3,(H,25,29)(H,26,28)/t16-/m0/s1. The molecule has 2 heterocycles. The van der Waals surface area contributed by atoms with Crippen LogP contribution in [0.1, 0.15) is 32.3 Å². The van der Waals surface area contributed by atoms with Crippen molar-refractivity contribution in [3.63, 3.8) is 0 Å². The van der Waals surface area contributed by atoms with Crippen LogP contribution in [0.5, 0.6) is 11.5 Å². The quantitative estimate of drug-likeness (QED) is 0.647. The number of nitrogens with zero attached hydrogens (tertiary/aromatic N) is 1. The zero-order valence-electron chi connectivity index (χ0n) is 19.5. The van der Waals surface area contributed by atoms with Gasteiger partial charge in [0.05, 0.1) is 22.9 Å². The molecule has 1 atom stereocenters. The van der Waals surface area contributed by atoms with Crippen LogP contribution in [0.25, 0.3) is 0 Å². The first-order valence-corrected chi connectivity index (χ1v) is 12.8. The lowest BCUT2D eigenvalue weighted by molar-refractivity contribution is -0.123. The van der Waals surface area contributed by atoms with Gasteiger partial charge in [-0.3, -0.25) is 9.59 Å². The molecule has 1 fully saturated rings. The van der Waals surface area contributed by atoms with E-state index in [2.05, 4.69) is 10.6 Å². The van der Waals surface area contributed by atoms with E-state index in [9.17, 15) is 18.0 Å². The number of amides is 2. The number of hydrogen-bond donors (Lipinski definition) is 2. The topological polar surface area (TPSA) is 114 Å². The Kier molecular flexibility index (Phi) is 6.81. The molecule has 34 heavy (non-hydrogen) atoms. The van der Waals surface area contributed by atoms with E-state index in [0.29, 0.717) is 47.9 Å². The van der Waals surface area contributed by atoms with E-state index in [0.717, 1.165) is 0 Å². The van der Waals surface area contributed by atoms with Crippen molar-refractivity contribution in [2.24, 2.45) is 5.92 Å². The Morgan fingerprint density at radius 2 is 1.94 bits per heavy atom. The van der Waals surface area contributed by atoms with Crippen LogP contribution in [0.4, 0.5) is 11.4 Å². The van der Waals surface area contributed by atoms with Crippen molar-refractivity contribution in [1.29, 1.82) is 0 Å². The van der Waals surface area contributed by atoms with Gasteiger partial charge in [-0.25, -0.2) is 8.42 Å². The first-order valence-electron chi connectivity index (χ1n) is 11.4. The van der Waals surface area contributed by atoms with Crippen molar-refractivity contribution in [3.05, 3.63) is 42.0 Å². The number of carbonyl (C=O) groups is 2. The molecule has 0 aromatic heterocycles. The lowest BCUT2D eigenvalue weighted by Crippen LogP contribution is -2.41. The van der Waals surface area contributed by atoms with Crippen molar-refractivity contribution in [2.45, 2.75) is 44.6 Å². The van der Waals surface area contributed by atoms with Crippen LogP contribution < -0.4 is 20.1 Å². The third-order valence-electron chi connectivity index (χ3n) is 6.10. The zero-order valence-corrected chi connectivity index (χ0v) is 20.3. The molecule has 2 aliphatic rings. The number of sulfonamides is 1. The van der Waals surface area contributed by atoms with Crippen LogP contribution in [0.2, 0.25) is 0 Å². The number of nitrogens with one attached hydrogen (secondary N) is 2. The number of piperidine rings is 1. The minimum Gasteiger partial charge on any atom is -0.492 e. The van der Waals surface area contributed by atoms with Gasteiger partial charge >= 0.3 is 0 Å². The van der Waals surface area contributed by atoms with Gasteiger partial charge in [-0.2, -0.15) is 4.31 Å². The third-order valence-corrected chi connectivity index (χ3v) is 8.14. The summed E-state index contributed by atoms with van der Waals surface area (Å²) in [6.07, 6.45) is 0.123. The number of rotatable bonds is 6. The maximum atomic E-state index is 13.4. The fourth-order valence-corrected chi connectivity index (χ4v) is 5.90. The molecule has 2 aromatic carbocycles. The molecular weight excluding hydrogens is 458 g/mol. The van der Waals surface area contributed by atoms with E-state index in [4.69, 9.17) is 9.47 Å². The predicted octanol–water partition coefficient (Wildman–Crippen LogP) is 3.15. The fourth-order valence-electron chi connectivity index (χ4n) is 4.20. The lowest BCUT2D eigenvalue weighted by Gasteiger charge is -2.31. The van der Waals surface area contributed by atoms with Crippen LogP contribution in [-0.4, -0.2) is 50.3 Å². The Morgan fingerprint density at radius 1 is 1.24 bits per heavy atom. The highest BCUT2D eigenvalue weighted by molar-refractivity contribution is 7.89. The normalized spacial score (nSPS) is 19.0. The number of anilines is 2. The number of para-hydroxylation sites is 2. The highest BCUT2D eigenvalue weighted by Gasteiger charge is 2.34. The number of hydrogen-bond acceptors (Lipinski definition) is 6. The average molecular weight is 488 g/mol. The maximum absolute atomic E-state index is 13.4. The van der Waals surface area contributed by atoms with Crippen LogP contribution in [0.15, 0.2) is 41.3 Å². The van der Waals surface area contributed by atoms with Crippen molar-refractivity contribution in [1.82, 2.24) is 4.31 Å². The smallest absolute Gasteiger partial charge is 0.265 e. The molecule has 4 rings (SSSR count). The predicted molar refractivity (Wildman–Crippen MR) is 128 cm³/mol. The molecule has 0 aliphatic carbocycles. The fraction of sp³-hybridized carbons (Fsp3) is 0.417. The van der Waals surface area contributed by atoms with Gasteiger partial charge in [-0.1, -0.05) is 12.1 Å². The molecule has 182 valence electrons. The van der Waals surface area contributed by atoms with Crippen LogP contribution in [0, 0.1) is 12.8 Å². The molecule has 10 heteroatoms. The molecule has 2 aliphatic heterocycles. The van der Waals surface area contributed by atoms with Crippen molar-refractivity contribution >= 4 is 33.2 Å². The molecule has 1 saturated heterocycles. The van der Waals surface area contributed by atoms with Gasteiger partial charge in [0.2, 0.25) is 15.9 Å². The molecule has 9 nitrogen and oxygen atoms in total. The Hall–Kier alpha value is -3.11. The number of ether oxygens (including phenoxy) is 2. The molecule has 0 spiro atoms. The second-order valence-corrected chi connectivity index (χ2v) is 10.4. The summed E-state index contributed by atoms with van der Waals surface area (Å²) < 4.78 is 39.3. The number of carbonyl (C=O) groups excluding carboxylic acids is 2. The van der Waals surface area contributed by atoms with E-state index in [1.54, 1.807) is 32.0 Å². The number of benzene rings is 2. The molecule has 0 bridgehead atoms. The molecule has 2 aromatic rings. The Bertz CT molecular complexity index is 1210. The van der Waals surface area contributed by atoms with Crippen LogP contribution >= 0.6 is 0 Å². The van der Waals surface area contributed by atoms with E-state index >= 15 is 0 Å². The summed E-state index contributed by atoms with van der Waals surface area (Å²) in [5.74, 6) is 0.219. The first kappa shape index (κ1) is 24.0. The van der Waals surface area contributed by atoms with Gasteiger partial charge in [0.1, 0.15) is 11.5 Å². The second kappa shape index (κ2) is 9.63. The molecule has 0 saturated carbocycles. The number of aryl methyl sites for hydroxylation is 1. The van der Waals surface area contributed by atoms with Gasteiger partial charge < -0.3 is 20.1 Å². The van der Waals surface area contributed by atoms with Gasteiger partial charge in [-0.15, -0.1) is 0 Å². The van der Waals surface area contributed by atoms with E-state index in [1.165, 1.54) is 10.4 Å². The van der Waals surface area contributed by atoms with Gasteiger partial charge in [-0.05, 0) is 57.4 Å². The van der Waals surface area contributed by atoms with E-state index in [-0.39, 0.29) is 35.7 Å². The van der Waals surface area contributed by atoms with Gasteiger partial charge in [0.25, 0.3) is 5.91 Å². The Morgan fingerprint density at radius 3 is 2.65 bits per heavy atom. The highest BCUT2D eigenvalue weighted by Crippen LogP contribution is 2.36. The van der Waals surface area contributed by atoms with Crippen LogP contribution in [0.3, 0.4) is 0 Å². The maximum Gasteiger partial charge on any atom is 0.265 e. The Labute approximate surface area is 199 Å². The third kappa shape index (κ3) is 4.74. The van der Waals surface area contributed by atoms with Crippen molar-refractivity contribution < 1.29 is 27.5 Å². The second-order valence-electron chi connectivity index (χ2n) is 8.46. The minimum atomic E-state index is -3.79. The molecule has 2 amide bonds. The Balaban J connectivity index is 1.44. The van der Waals surface area contributed by atoms with Gasteiger partial charge in [0.15, 0.2) is 6.10 Å². The zero-order chi connectivity index (χ0) is 24.5. The summed E-state index contributed by atoms with van der Waals surface area (Å²) in [5, 5.41) is 5.65. The highest BCUT2D eigenvalue weighted by atomic mass is 32.2. The summed E-state index contributed by atoms with van der Waals surface area (Å²) in [6.45, 7) is 6.13. The minimum absolute atomic E-state index is 0.142. The summed E-state index contributed by atoms with van der Waals surface area (Å²) in [4.78, 5) is 24.8. The van der Waals surface area contributed by atoms with Crippen LogP contribution in [-0.2, 0) is 19.6 Å². The molecular formula is C24H29N3O6S. The summed E-state index contributed by atoms with van der Waals surface area (Å²) >= 11 is 0. The molecule has 2 N–H and O–H groups in total. The largest absolute Gasteiger partial charge is 0.492 e. The first-order chi connectivity index (χ1) is 16.2. The van der Waals surface area contributed by atoms with Crippen molar-refractivity contribution in [3.8, 4) is 11.5 Å². The summed E-state index contributed by atoms with van der Waals surface area (Å²) in [6, 6.07) is 10.3. The summed E-state index contributed by atoms with van der Waals surface area (Å²) in [5.41, 5.74) is 1.59. The molecule has 0 unspecified atom stereocenters. The summed E-state index contributed by atoms with van der Waals surface area (Å²) in [7, 11) is -3.79. The van der Waals surface area contributed by atoms with Gasteiger partial charge in [0, 0.05) is 25.1 Å². The van der Waals surface area contributed by atoms with E-state index in [1.807, 2.05) is 19.1 Å². The monoisotopic (exact) mass is 487 g/mol. The SMILES string of the molecule is CCOc1ccccc1NC(=O)C1CCN(S(=O)(=O)c2cc3c(cc2C)NC(=O)[C@H](C)O3)CC1. The number of fused-ring (bicyclic) bond motifs is 1. The molecule has 0 radical (unpaired) electrons. The van der Waals surface area contributed by atoms with E-state index < -0.39 is 16.1 Å².